The summed E-state index contributed by atoms with van der Waals surface area (Å²) in [5.41, 5.74) is -4.07. The molecule has 6 nitrogen and oxygen atoms in total. The summed E-state index contributed by atoms with van der Waals surface area (Å²) in [6.45, 7) is 0. The Morgan fingerprint density at radius 3 is 2.55 bits per heavy atom. The van der Waals surface area contributed by atoms with Crippen molar-refractivity contribution in [1.82, 2.24) is 9.78 Å². The molecule has 1 heterocycles. The van der Waals surface area contributed by atoms with Crippen molar-refractivity contribution in [2.24, 2.45) is 7.05 Å². The molecule has 0 aliphatic heterocycles. The van der Waals surface area contributed by atoms with Gasteiger partial charge in [0.25, 0.3) is 5.56 Å². The second-order valence-electron chi connectivity index (χ2n) is 6.98. The molecule has 2 aromatic carbocycles. The van der Waals surface area contributed by atoms with Crippen molar-refractivity contribution < 1.29 is 27.8 Å². The average Bonchev–Trinajstić information content (AvgIpc) is 2.69. The summed E-state index contributed by atoms with van der Waals surface area (Å²) in [7, 11) is 1.43. The topological polar surface area (TPSA) is 87.4 Å². The fourth-order valence-electron chi connectivity index (χ4n) is 3.31. The highest BCUT2D eigenvalue weighted by atomic mass is 32.2. The average molecular weight is 457 g/mol. The molecule has 0 spiro atoms. The van der Waals surface area contributed by atoms with Gasteiger partial charge in [-0.2, -0.15) is 30.0 Å². The van der Waals surface area contributed by atoms with Gasteiger partial charge in [-0.3, -0.25) is 4.79 Å². The summed E-state index contributed by atoms with van der Waals surface area (Å²) < 4.78 is 56.7. The second-order valence-corrected chi connectivity index (χ2v) is 7.84. The molecule has 1 aromatic heterocycles. The summed E-state index contributed by atoms with van der Waals surface area (Å²) in [4.78, 5) is 12.3. The van der Waals surface area contributed by atoms with E-state index in [1.165, 1.54) is 37.7 Å². The van der Waals surface area contributed by atoms with Gasteiger partial charge in [0, 0.05) is 35.5 Å². The second kappa shape index (κ2) is 8.39. The van der Waals surface area contributed by atoms with Crippen LogP contribution in [0.25, 0.3) is 10.8 Å². The van der Waals surface area contributed by atoms with Crippen LogP contribution in [0.3, 0.4) is 0 Å². The number of aromatic hydroxyl groups is 1. The first-order valence-corrected chi connectivity index (χ1v) is 10.4. The summed E-state index contributed by atoms with van der Waals surface area (Å²) in [5, 5.41) is 27.9. The lowest BCUT2D eigenvalue weighted by molar-refractivity contribution is -0.256. The summed E-state index contributed by atoms with van der Waals surface area (Å²) in [5.74, 6) is -2.37. The number of nitrogens with one attached hydrogen (secondary N) is 1. The number of thioether (sulfide) groups is 1. The first kappa shape index (κ1) is 22.9. The van der Waals surface area contributed by atoms with Crippen molar-refractivity contribution in [3.05, 3.63) is 64.3 Å². The Hall–Kier alpha value is -2.79. The molecule has 0 saturated heterocycles. The summed E-state index contributed by atoms with van der Waals surface area (Å²) >= 11 is 0.755. The number of alkyl halides is 3. The van der Waals surface area contributed by atoms with Gasteiger partial charge in [0.2, 0.25) is 0 Å². The normalized spacial score (nSPS) is 14.9. The number of nitrogens with zero attached hydrogens (tertiary/aromatic N) is 2. The molecular weight excluding hydrogens is 438 g/mol. The molecule has 2 unspecified atom stereocenters. The lowest BCUT2D eigenvalue weighted by Crippen LogP contribution is -2.54. The number of hydrogen-bond acceptors (Lipinski definition) is 6. The van der Waals surface area contributed by atoms with Crippen LogP contribution in [0.4, 0.5) is 23.2 Å². The molecule has 11 heteroatoms. The van der Waals surface area contributed by atoms with Gasteiger partial charge in [-0.1, -0.05) is 12.1 Å². The van der Waals surface area contributed by atoms with Crippen molar-refractivity contribution >= 4 is 28.2 Å². The Kier molecular flexibility index (Phi) is 6.19. The first-order chi connectivity index (χ1) is 14.5. The van der Waals surface area contributed by atoms with Crippen LogP contribution in [0.1, 0.15) is 11.6 Å². The largest absolute Gasteiger partial charge is 0.507 e. The molecular formula is C20H19F4N3O3S. The van der Waals surface area contributed by atoms with Gasteiger partial charge in [0.05, 0.1) is 17.6 Å². The molecule has 2 atom stereocenters. The van der Waals surface area contributed by atoms with E-state index in [1.807, 2.05) is 0 Å². The van der Waals surface area contributed by atoms with E-state index in [0.717, 1.165) is 28.6 Å². The Bertz CT molecular complexity index is 1170. The fraction of sp³-hybridized carbons (Fsp3) is 0.300. The molecule has 0 aliphatic carbocycles. The lowest BCUT2D eigenvalue weighted by Gasteiger charge is -2.38. The number of rotatable bonds is 6. The highest BCUT2D eigenvalue weighted by Crippen LogP contribution is 2.46. The number of anilines is 1. The minimum Gasteiger partial charge on any atom is -0.507 e. The molecule has 0 aliphatic rings. The van der Waals surface area contributed by atoms with Gasteiger partial charge < -0.3 is 15.5 Å². The van der Waals surface area contributed by atoms with Crippen molar-refractivity contribution in [2.75, 3.05) is 17.3 Å². The van der Waals surface area contributed by atoms with Crippen LogP contribution >= 0.6 is 11.8 Å². The third-order valence-corrected chi connectivity index (χ3v) is 5.66. The van der Waals surface area contributed by atoms with Crippen LogP contribution in [0.2, 0.25) is 0 Å². The predicted octanol–water partition coefficient (Wildman–Crippen LogP) is 3.59. The summed E-state index contributed by atoms with van der Waals surface area (Å²) in [6.07, 6.45) is -2.40. The van der Waals surface area contributed by atoms with Crippen molar-refractivity contribution in [1.29, 1.82) is 0 Å². The number of aliphatic hydroxyl groups is 1. The van der Waals surface area contributed by atoms with Gasteiger partial charge in [-0.25, -0.2) is 9.07 Å². The van der Waals surface area contributed by atoms with E-state index in [-0.39, 0.29) is 22.0 Å². The number of hydrogen-bond donors (Lipinski definition) is 3. The van der Waals surface area contributed by atoms with Crippen molar-refractivity contribution in [3.8, 4) is 5.75 Å². The number of aryl methyl sites for hydroxylation is 1. The Labute approximate surface area is 178 Å². The molecule has 3 aromatic rings. The number of halogens is 4. The van der Waals surface area contributed by atoms with E-state index in [0.29, 0.717) is 6.07 Å². The molecule has 0 radical (unpaired) electrons. The molecule has 0 bridgehead atoms. The van der Waals surface area contributed by atoms with E-state index < -0.39 is 40.7 Å². The monoisotopic (exact) mass is 457 g/mol. The van der Waals surface area contributed by atoms with E-state index in [4.69, 9.17) is 0 Å². The smallest absolute Gasteiger partial charge is 0.420 e. The van der Waals surface area contributed by atoms with Crippen LogP contribution in [-0.4, -0.2) is 43.8 Å². The number of aromatic nitrogens is 2. The van der Waals surface area contributed by atoms with E-state index in [9.17, 15) is 32.6 Å². The zero-order valence-corrected chi connectivity index (χ0v) is 17.3. The highest BCUT2D eigenvalue weighted by Gasteiger charge is 2.59. The Balaban J connectivity index is 2.24. The maximum absolute atomic E-state index is 14.0. The Morgan fingerprint density at radius 1 is 1.23 bits per heavy atom. The SMILES string of the molecule is CSCC(O)(C(Nc1cccc2c(=O)n(C)ncc12)c1ccc(F)cc1O)C(F)(F)F. The van der Waals surface area contributed by atoms with Crippen LogP contribution in [-0.2, 0) is 7.05 Å². The highest BCUT2D eigenvalue weighted by molar-refractivity contribution is 7.98. The minimum absolute atomic E-state index is 0.0835. The van der Waals surface area contributed by atoms with Crippen LogP contribution < -0.4 is 10.9 Å². The molecule has 3 N–H and O–H groups in total. The standard InChI is InChI=1S/C20H19F4N3O3S/c1-27-18(29)12-4-3-5-15(14(12)9-25-27)26-17(13-7-6-11(21)8-16(13)28)19(30,10-31-2)20(22,23)24/h3-9,17,26,28,30H,10H2,1-2H3. The number of fused-ring (bicyclic) bond motifs is 1. The van der Waals surface area contributed by atoms with Gasteiger partial charge in [-0.15, -0.1) is 0 Å². The molecule has 0 fully saturated rings. The molecule has 31 heavy (non-hydrogen) atoms. The number of phenols is 1. The van der Waals surface area contributed by atoms with E-state index in [1.54, 1.807) is 0 Å². The minimum atomic E-state index is -5.10. The van der Waals surface area contributed by atoms with Crippen molar-refractivity contribution in [2.45, 2.75) is 17.8 Å². The lowest BCUT2D eigenvalue weighted by atomic mass is 9.88. The van der Waals surface area contributed by atoms with Crippen LogP contribution in [0.5, 0.6) is 5.75 Å². The zero-order valence-electron chi connectivity index (χ0n) is 16.4. The molecule has 0 saturated carbocycles. The maximum Gasteiger partial charge on any atom is 0.420 e. The predicted molar refractivity (Wildman–Crippen MR) is 111 cm³/mol. The van der Waals surface area contributed by atoms with E-state index >= 15 is 0 Å². The summed E-state index contributed by atoms with van der Waals surface area (Å²) in [6, 6.07) is 4.99. The van der Waals surface area contributed by atoms with Gasteiger partial charge >= 0.3 is 6.18 Å². The number of benzene rings is 2. The molecule has 0 amide bonds. The maximum atomic E-state index is 14.0. The third kappa shape index (κ3) is 4.19. The van der Waals surface area contributed by atoms with E-state index in [2.05, 4.69) is 10.4 Å². The van der Waals surface area contributed by atoms with Gasteiger partial charge in [0.15, 0.2) is 5.60 Å². The van der Waals surface area contributed by atoms with Gasteiger partial charge in [-0.05, 0) is 24.5 Å². The van der Waals surface area contributed by atoms with Crippen LogP contribution in [0.15, 0.2) is 47.4 Å². The molecule has 166 valence electrons. The van der Waals surface area contributed by atoms with Gasteiger partial charge in [0.1, 0.15) is 11.6 Å². The molecule has 3 rings (SSSR count). The zero-order chi connectivity index (χ0) is 23.0. The Morgan fingerprint density at radius 2 is 1.94 bits per heavy atom. The quantitative estimate of drug-likeness (QED) is 0.491. The third-order valence-electron chi connectivity index (χ3n) is 4.93. The fourth-order valence-corrected chi connectivity index (χ4v) is 4.08. The van der Waals surface area contributed by atoms with Crippen LogP contribution in [0, 0.1) is 5.82 Å². The number of phenolic OH excluding ortho intramolecular Hbond substituents is 1. The van der Waals surface area contributed by atoms with Crippen molar-refractivity contribution in [3.63, 3.8) is 0 Å². The first-order valence-electron chi connectivity index (χ1n) is 8.97.